The lowest BCUT2D eigenvalue weighted by Gasteiger charge is -2.29. The first-order valence-electron chi connectivity index (χ1n) is 9.41. The van der Waals surface area contributed by atoms with Crippen molar-refractivity contribution in [3.63, 3.8) is 0 Å². The number of hydrogen-bond donors (Lipinski definition) is 1. The molecular formula is C22H26N2O3. The van der Waals surface area contributed by atoms with Crippen LogP contribution in [0.3, 0.4) is 0 Å². The van der Waals surface area contributed by atoms with Gasteiger partial charge in [0.2, 0.25) is 11.8 Å². The zero-order chi connectivity index (χ0) is 19.1. The molecule has 142 valence electrons. The van der Waals surface area contributed by atoms with Gasteiger partial charge < -0.3 is 15.0 Å². The first-order valence-corrected chi connectivity index (χ1v) is 9.41. The van der Waals surface area contributed by atoms with Gasteiger partial charge in [0.25, 0.3) is 0 Å². The van der Waals surface area contributed by atoms with E-state index in [9.17, 15) is 9.59 Å². The van der Waals surface area contributed by atoms with Gasteiger partial charge in [0.15, 0.2) is 0 Å². The minimum Gasteiger partial charge on any atom is -0.497 e. The molecule has 5 heteroatoms. The Labute approximate surface area is 160 Å². The van der Waals surface area contributed by atoms with Gasteiger partial charge >= 0.3 is 0 Å². The van der Waals surface area contributed by atoms with Gasteiger partial charge in [0.1, 0.15) is 11.8 Å². The number of nitrogens with one attached hydrogen (secondary N) is 1. The first-order chi connectivity index (χ1) is 13.2. The number of carbonyl (C=O) groups excluding carboxylic acids is 2. The summed E-state index contributed by atoms with van der Waals surface area (Å²) in [6.45, 7) is 0.886. The van der Waals surface area contributed by atoms with E-state index in [1.165, 1.54) is 0 Å². The molecule has 0 radical (unpaired) electrons. The van der Waals surface area contributed by atoms with E-state index in [-0.39, 0.29) is 11.8 Å². The van der Waals surface area contributed by atoms with Gasteiger partial charge in [-0.1, -0.05) is 48.9 Å². The van der Waals surface area contributed by atoms with E-state index in [1.54, 1.807) is 12.0 Å². The number of methoxy groups -OCH3 is 1. The second-order valence-electron chi connectivity index (χ2n) is 6.84. The van der Waals surface area contributed by atoms with Crippen LogP contribution in [0.4, 0.5) is 0 Å². The number of likely N-dealkylation sites (tertiary alicyclic amines) is 1. The Morgan fingerprint density at radius 2 is 1.89 bits per heavy atom. The fourth-order valence-corrected chi connectivity index (χ4v) is 3.43. The third-order valence-electron chi connectivity index (χ3n) is 4.91. The van der Waals surface area contributed by atoms with Crippen LogP contribution in [0.25, 0.3) is 0 Å². The van der Waals surface area contributed by atoms with Crippen LogP contribution >= 0.6 is 0 Å². The van der Waals surface area contributed by atoms with E-state index < -0.39 is 6.04 Å². The van der Waals surface area contributed by atoms with Crippen LogP contribution in [-0.4, -0.2) is 29.9 Å². The van der Waals surface area contributed by atoms with Crippen LogP contribution in [0, 0.1) is 0 Å². The summed E-state index contributed by atoms with van der Waals surface area (Å²) in [5.41, 5.74) is 2.01. The molecule has 1 saturated heterocycles. The molecule has 1 aliphatic heterocycles. The maximum Gasteiger partial charge on any atom is 0.243 e. The number of ether oxygens (including phenoxy) is 1. The predicted molar refractivity (Wildman–Crippen MR) is 104 cm³/mol. The summed E-state index contributed by atoms with van der Waals surface area (Å²) in [6.07, 6.45) is 2.89. The minimum absolute atomic E-state index is 0.0372. The van der Waals surface area contributed by atoms with E-state index in [0.717, 1.165) is 29.7 Å². The molecule has 5 nitrogen and oxygen atoms in total. The van der Waals surface area contributed by atoms with Crippen molar-refractivity contribution in [3.05, 3.63) is 65.7 Å². The summed E-state index contributed by atoms with van der Waals surface area (Å²) in [6, 6.07) is 17.0. The molecule has 1 unspecified atom stereocenters. The Morgan fingerprint density at radius 1 is 1.11 bits per heavy atom. The van der Waals surface area contributed by atoms with Crippen LogP contribution in [0.5, 0.6) is 5.75 Å². The van der Waals surface area contributed by atoms with E-state index in [1.807, 2.05) is 54.6 Å². The third kappa shape index (κ3) is 5.09. The lowest BCUT2D eigenvalue weighted by Crippen LogP contribution is -2.48. The summed E-state index contributed by atoms with van der Waals surface area (Å²) < 4.78 is 5.27. The van der Waals surface area contributed by atoms with E-state index in [0.29, 0.717) is 25.9 Å². The van der Waals surface area contributed by atoms with Gasteiger partial charge in [-0.2, -0.15) is 0 Å². The van der Waals surface area contributed by atoms with Crippen LogP contribution < -0.4 is 10.1 Å². The van der Waals surface area contributed by atoms with Gasteiger partial charge in [-0.15, -0.1) is 0 Å². The Kier molecular flexibility index (Phi) is 6.47. The topological polar surface area (TPSA) is 58.6 Å². The van der Waals surface area contributed by atoms with Gasteiger partial charge in [-0.05, 0) is 36.1 Å². The summed E-state index contributed by atoms with van der Waals surface area (Å²) >= 11 is 0. The second-order valence-corrected chi connectivity index (χ2v) is 6.84. The number of rotatable bonds is 6. The highest BCUT2D eigenvalue weighted by atomic mass is 16.5. The predicted octanol–water partition coefficient (Wildman–Crippen LogP) is 3.28. The molecule has 1 N–H and O–H groups in total. The van der Waals surface area contributed by atoms with E-state index >= 15 is 0 Å². The highest BCUT2D eigenvalue weighted by Gasteiger charge is 2.31. The van der Waals surface area contributed by atoms with Gasteiger partial charge in [0.05, 0.1) is 7.11 Å². The number of amides is 2. The highest BCUT2D eigenvalue weighted by molar-refractivity contribution is 5.88. The standard InChI is InChI=1S/C22H26N2O3/c1-27-19-11-7-10-18(14-19)16-24-20(12-5-6-13-21(24)25)22(26)23-15-17-8-3-2-4-9-17/h2-4,7-11,14,20H,5-6,12-13,15-16H2,1H3,(H,23,26). The molecule has 1 fully saturated rings. The first kappa shape index (κ1) is 19.0. The fourth-order valence-electron chi connectivity index (χ4n) is 3.43. The molecule has 2 aromatic carbocycles. The Bertz CT molecular complexity index is 776. The lowest BCUT2D eigenvalue weighted by atomic mass is 10.1. The summed E-state index contributed by atoms with van der Waals surface area (Å²) in [4.78, 5) is 27.3. The van der Waals surface area contributed by atoms with Gasteiger partial charge in [-0.25, -0.2) is 0 Å². The number of nitrogens with zero attached hydrogens (tertiary/aromatic N) is 1. The van der Waals surface area contributed by atoms with Crippen molar-refractivity contribution >= 4 is 11.8 Å². The molecule has 3 rings (SSSR count). The maximum absolute atomic E-state index is 12.9. The number of carbonyl (C=O) groups is 2. The molecule has 0 aromatic heterocycles. The molecule has 0 aliphatic carbocycles. The molecule has 27 heavy (non-hydrogen) atoms. The number of hydrogen-bond acceptors (Lipinski definition) is 3. The molecule has 1 heterocycles. The third-order valence-corrected chi connectivity index (χ3v) is 4.91. The molecule has 0 bridgehead atoms. The molecule has 2 aromatic rings. The van der Waals surface area contributed by atoms with Crippen LogP contribution in [0.15, 0.2) is 54.6 Å². The Hall–Kier alpha value is -2.82. The second kappa shape index (κ2) is 9.21. The van der Waals surface area contributed by atoms with E-state index in [4.69, 9.17) is 4.74 Å². The van der Waals surface area contributed by atoms with Crippen LogP contribution in [-0.2, 0) is 22.7 Å². The average Bonchev–Trinajstić information content (AvgIpc) is 2.89. The van der Waals surface area contributed by atoms with Crippen LogP contribution in [0.2, 0.25) is 0 Å². The quantitative estimate of drug-likeness (QED) is 0.853. The normalized spacial score (nSPS) is 17.3. The number of benzene rings is 2. The molecular weight excluding hydrogens is 340 g/mol. The van der Waals surface area contributed by atoms with Crippen molar-refractivity contribution in [2.75, 3.05) is 7.11 Å². The zero-order valence-corrected chi connectivity index (χ0v) is 15.7. The Morgan fingerprint density at radius 3 is 2.67 bits per heavy atom. The summed E-state index contributed by atoms with van der Waals surface area (Å²) in [7, 11) is 1.62. The minimum atomic E-state index is -0.435. The smallest absolute Gasteiger partial charge is 0.243 e. The molecule has 0 saturated carbocycles. The van der Waals surface area contributed by atoms with Crippen molar-refractivity contribution in [1.29, 1.82) is 0 Å². The lowest BCUT2D eigenvalue weighted by molar-refractivity contribution is -0.140. The molecule has 0 spiro atoms. The Balaban J connectivity index is 1.73. The van der Waals surface area contributed by atoms with Crippen molar-refractivity contribution in [3.8, 4) is 5.75 Å². The van der Waals surface area contributed by atoms with Gasteiger partial charge in [-0.3, -0.25) is 9.59 Å². The maximum atomic E-state index is 12.9. The SMILES string of the molecule is COc1cccc(CN2C(=O)CCCCC2C(=O)NCc2ccccc2)c1. The molecule has 2 amide bonds. The van der Waals surface area contributed by atoms with Crippen molar-refractivity contribution in [2.45, 2.75) is 44.8 Å². The summed E-state index contributed by atoms with van der Waals surface area (Å²) in [5.74, 6) is 0.701. The average molecular weight is 366 g/mol. The van der Waals surface area contributed by atoms with Crippen LogP contribution in [0.1, 0.15) is 36.8 Å². The highest BCUT2D eigenvalue weighted by Crippen LogP contribution is 2.22. The molecule has 1 aliphatic rings. The van der Waals surface area contributed by atoms with E-state index in [2.05, 4.69) is 5.32 Å². The molecule has 1 atom stereocenters. The van der Waals surface area contributed by atoms with Crippen molar-refractivity contribution < 1.29 is 14.3 Å². The largest absolute Gasteiger partial charge is 0.497 e. The monoisotopic (exact) mass is 366 g/mol. The fraction of sp³-hybridized carbons (Fsp3) is 0.364. The van der Waals surface area contributed by atoms with Gasteiger partial charge in [0, 0.05) is 19.5 Å². The van der Waals surface area contributed by atoms with Crippen molar-refractivity contribution in [1.82, 2.24) is 10.2 Å². The zero-order valence-electron chi connectivity index (χ0n) is 15.7. The van der Waals surface area contributed by atoms with Crippen molar-refractivity contribution in [2.24, 2.45) is 0 Å². The summed E-state index contributed by atoms with van der Waals surface area (Å²) in [5, 5.41) is 3.00.